The lowest BCUT2D eigenvalue weighted by atomic mass is 9.89. The van der Waals surface area contributed by atoms with Crippen molar-refractivity contribution in [2.45, 2.75) is 50.9 Å². The normalized spacial score (nSPS) is 14.4. The lowest BCUT2D eigenvalue weighted by molar-refractivity contribution is -0.121. The SMILES string of the molecule is CCCC(=O)Nc1cc(C2CCN(CCCNC(=O)C(c3ccccc3)c3ccccc3)CC2)ccc1F. The van der Waals surface area contributed by atoms with E-state index >= 15 is 0 Å². The number of carbonyl (C=O) groups is 2. The standard InChI is InChI=1S/C32H38FN3O2/c1-2-10-30(37)35-29-23-27(15-16-28(29)33)24-17-21-36(22-18-24)20-9-19-34-32(38)31(25-11-5-3-6-12-25)26-13-7-4-8-14-26/h3-8,11-16,23-24,31H,2,9-10,17-22H2,1H3,(H,34,38)(H,35,37). The van der Waals surface area contributed by atoms with Crippen LogP contribution in [0.2, 0.25) is 0 Å². The molecule has 2 N–H and O–H groups in total. The van der Waals surface area contributed by atoms with Gasteiger partial charge in [0, 0.05) is 13.0 Å². The molecule has 38 heavy (non-hydrogen) atoms. The van der Waals surface area contributed by atoms with Crippen molar-refractivity contribution in [3.8, 4) is 0 Å². The molecule has 1 heterocycles. The number of piperidine rings is 1. The van der Waals surface area contributed by atoms with Gasteiger partial charge in [-0.05, 0) is 80.1 Å². The van der Waals surface area contributed by atoms with Gasteiger partial charge in [-0.25, -0.2) is 4.39 Å². The average Bonchev–Trinajstić information content (AvgIpc) is 2.94. The molecule has 3 aromatic carbocycles. The smallest absolute Gasteiger partial charge is 0.232 e. The van der Waals surface area contributed by atoms with Crippen LogP contribution >= 0.6 is 0 Å². The second-order valence-electron chi connectivity index (χ2n) is 10.1. The third-order valence-electron chi connectivity index (χ3n) is 7.28. The van der Waals surface area contributed by atoms with Crippen molar-refractivity contribution in [2.24, 2.45) is 0 Å². The van der Waals surface area contributed by atoms with E-state index in [-0.39, 0.29) is 29.2 Å². The Morgan fingerprint density at radius 2 is 1.58 bits per heavy atom. The summed E-state index contributed by atoms with van der Waals surface area (Å²) in [6.45, 7) is 5.42. The van der Waals surface area contributed by atoms with Gasteiger partial charge < -0.3 is 15.5 Å². The number of rotatable bonds is 11. The fourth-order valence-corrected chi connectivity index (χ4v) is 5.22. The molecule has 1 fully saturated rings. The molecule has 1 aliphatic heterocycles. The van der Waals surface area contributed by atoms with Gasteiger partial charge in [0.25, 0.3) is 0 Å². The number of likely N-dealkylation sites (tertiary alicyclic amines) is 1. The van der Waals surface area contributed by atoms with E-state index in [1.165, 1.54) is 6.07 Å². The summed E-state index contributed by atoms with van der Waals surface area (Å²) < 4.78 is 14.2. The highest BCUT2D eigenvalue weighted by atomic mass is 19.1. The summed E-state index contributed by atoms with van der Waals surface area (Å²) in [5.41, 5.74) is 3.35. The third-order valence-corrected chi connectivity index (χ3v) is 7.28. The molecule has 0 bridgehead atoms. The van der Waals surface area contributed by atoms with Gasteiger partial charge in [-0.15, -0.1) is 0 Å². The minimum absolute atomic E-state index is 0.0271. The van der Waals surface area contributed by atoms with E-state index in [2.05, 4.69) is 15.5 Å². The molecule has 0 radical (unpaired) electrons. The first-order chi connectivity index (χ1) is 18.5. The van der Waals surface area contributed by atoms with Crippen LogP contribution in [0.15, 0.2) is 78.9 Å². The predicted octanol–water partition coefficient (Wildman–Crippen LogP) is 6.08. The molecule has 6 heteroatoms. The van der Waals surface area contributed by atoms with Gasteiger partial charge in [0.1, 0.15) is 5.82 Å². The molecule has 0 atom stereocenters. The summed E-state index contributed by atoms with van der Waals surface area (Å²) in [5.74, 6) is -0.477. The van der Waals surface area contributed by atoms with Gasteiger partial charge in [0.05, 0.1) is 11.6 Å². The summed E-state index contributed by atoms with van der Waals surface area (Å²) in [4.78, 5) is 27.5. The number of amides is 2. The molecule has 0 spiro atoms. The maximum Gasteiger partial charge on any atom is 0.232 e. The number of hydrogen-bond donors (Lipinski definition) is 2. The number of benzene rings is 3. The average molecular weight is 516 g/mol. The van der Waals surface area contributed by atoms with Crippen molar-refractivity contribution < 1.29 is 14.0 Å². The van der Waals surface area contributed by atoms with Gasteiger partial charge in [-0.3, -0.25) is 9.59 Å². The minimum atomic E-state index is -0.389. The zero-order valence-electron chi connectivity index (χ0n) is 22.2. The number of halogens is 1. The maximum absolute atomic E-state index is 14.2. The van der Waals surface area contributed by atoms with Gasteiger partial charge in [-0.1, -0.05) is 73.7 Å². The number of anilines is 1. The fourth-order valence-electron chi connectivity index (χ4n) is 5.22. The van der Waals surface area contributed by atoms with E-state index in [1.54, 1.807) is 6.07 Å². The van der Waals surface area contributed by atoms with Crippen molar-refractivity contribution in [3.05, 3.63) is 101 Å². The van der Waals surface area contributed by atoms with Crippen LogP contribution in [0.3, 0.4) is 0 Å². The summed E-state index contributed by atoms with van der Waals surface area (Å²) in [7, 11) is 0. The molecular weight excluding hydrogens is 477 g/mol. The van der Waals surface area contributed by atoms with Crippen molar-refractivity contribution in [3.63, 3.8) is 0 Å². The van der Waals surface area contributed by atoms with Gasteiger partial charge in [0.15, 0.2) is 0 Å². The van der Waals surface area contributed by atoms with Gasteiger partial charge in [-0.2, -0.15) is 0 Å². The highest BCUT2D eigenvalue weighted by Crippen LogP contribution is 2.31. The lowest BCUT2D eigenvalue weighted by Crippen LogP contribution is -2.36. The van der Waals surface area contributed by atoms with E-state index in [1.807, 2.05) is 73.7 Å². The molecule has 1 saturated heterocycles. The van der Waals surface area contributed by atoms with Crippen LogP contribution in [0.5, 0.6) is 0 Å². The molecule has 4 rings (SSSR count). The van der Waals surface area contributed by atoms with Crippen molar-refractivity contribution in [1.82, 2.24) is 10.2 Å². The van der Waals surface area contributed by atoms with Gasteiger partial charge in [0.2, 0.25) is 11.8 Å². The Morgan fingerprint density at radius 3 is 2.18 bits per heavy atom. The molecule has 0 unspecified atom stereocenters. The molecule has 200 valence electrons. The number of hydrogen-bond acceptors (Lipinski definition) is 3. The molecule has 3 aromatic rings. The minimum Gasteiger partial charge on any atom is -0.355 e. The maximum atomic E-state index is 14.2. The Hall–Kier alpha value is -3.51. The second-order valence-corrected chi connectivity index (χ2v) is 10.1. The second kappa shape index (κ2) is 13.9. The zero-order chi connectivity index (χ0) is 26.7. The molecule has 1 aliphatic rings. The summed E-state index contributed by atoms with van der Waals surface area (Å²) >= 11 is 0. The van der Waals surface area contributed by atoms with E-state index < -0.39 is 0 Å². The van der Waals surface area contributed by atoms with Crippen molar-refractivity contribution in [1.29, 1.82) is 0 Å². The summed E-state index contributed by atoms with van der Waals surface area (Å²) in [6, 6.07) is 24.9. The van der Waals surface area contributed by atoms with Crippen molar-refractivity contribution in [2.75, 3.05) is 31.5 Å². The highest BCUT2D eigenvalue weighted by molar-refractivity contribution is 5.91. The van der Waals surface area contributed by atoms with Crippen LogP contribution in [0.4, 0.5) is 10.1 Å². The molecule has 0 aliphatic carbocycles. The van der Waals surface area contributed by atoms with Crippen LogP contribution in [0.1, 0.15) is 67.6 Å². The molecule has 0 aromatic heterocycles. The molecule has 0 saturated carbocycles. The summed E-state index contributed by atoms with van der Waals surface area (Å²) in [5, 5.41) is 5.87. The molecular formula is C32H38FN3O2. The first-order valence-corrected chi connectivity index (χ1v) is 13.7. The van der Waals surface area contributed by atoms with Gasteiger partial charge >= 0.3 is 0 Å². The monoisotopic (exact) mass is 515 g/mol. The van der Waals surface area contributed by atoms with E-state index in [0.717, 1.165) is 62.0 Å². The Balaban J connectivity index is 1.24. The zero-order valence-corrected chi connectivity index (χ0v) is 22.2. The Labute approximate surface area is 225 Å². The number of carbonyl (C=O) groups excluding carboxylic acids is 2. The van der Waals surface area contributed by atoms with Crippen LogP contribution in [-0.4, -0.2) is 42.9 Å². The van der Waals surface area contributed by atoms with E-state index in [0.29, 0.717) is 18.9 Å². The van der Waals surface area contributed by atoms with E-state index in [4.69, 9.17) is 0 Å². The molecule has 2 amide bonds. The highest BCUT2D eigenvalue weighted by Gasteiger charge is 2.23. The number of nitrogens with zero attached hydrogens (tertiary/aromatic N) is 1. The lowest BCUT2D eigenvalue weighted by Gasteiger charge is -2.32. The quantitative estimate of drug-likeness (QED) is 0.304. The Bertz CT molecular complexity index is 1140. The third kappa shape index (κ3) is 7.51. The predicted molar refractivity (Wildman–Crippen MR) is 151 cm³/mol. The van der Waals surface area contributed by atoms with E-state index in [9.17, 15) is 14.0 Å². The van der Waals surface area contributed by atoms with Crippen LogP contribution in [0.25, 0.3) is 0 Å². The molecule has 5 nitrogen and oxygen atoms in total. The number of nitrogens with one attached hydrogen (secondary N) is 2. The summed E-state index contributed by atoms with van der Waals surface area (Å²) in [6.07, 6.45) is 3.99. The van der Waals surface area contributed by atoms with Crippen LogP contribution in [-0.2, 0) is 9.59 Å². The van der Waals surface area contributed by atoms with Crippen LogP contribution < -0.4 is 10.6 Å². The van der Waals surface area contributed by atoms with Crippen molar-refractivity contribution >= 4 is 17.5 Å². The van der Waals surface area contributed by atoms with Crippen LogP contribution in [0, 0.1) is 5.82 Å². The topological polar surface area (TPSA) is 61.4 Å². The first kappa shape index (κ1) is 27.5. The fraction of sp³-hybridized carbons (Fsp3) is 0.375. The first-order valence-electron chi connectivity index (χ1n) is 13.7. The largest absolute Gasteiger partial charge is 0.355 e. The Kier molecular flexibility index (Phi) is 10.0. The Morgan fingerprint density at radius 1 is 0.947 bits per heavy atom.